The number of hydrogen-bond acceptors (Lipinski definition) is 3. The summed E-state index contributed by atoms with van der Waals surface area (Å²) in [4.78, 5) is 0. The molecule has 0 fully saturated rings. The van der Waals surface area contributed by atoms with Gasteiger partial charge < -0.3 is 13.3 Å². The van der Waals surface area contributed by atoms with E-state index in [4.69, 9.17) is 13.3 Å². The first-order valence-electron chi connectivity index (χ1n) is 9.13. The van der Waals surface area contributed by atoms with Gasteiger partial charge >= 0.3 is 26.4 Å². The van der Waals surface area contributed by atoms with Crippen molar-refractivity contribution in [1.82, 2.24) is 0 Å². The van der Waals surface area contributed by atoms with Gasteiger partial charge in [0.15, 0.2) is 0 Å². The molecule has 164 valence electrons. The van der Waals surface area contributed by atoms with Crippen LogP contribution in [0.3, 0.4) is 0 Å². The van der Waals surface area contributed by atoms with Crippen molar-refractivity contribution < 1.29 is 44.0 Å². The molecule has 0 aliphatic carbocycles. The summed E-state index contributed by atoms with van der Waals surface area (Å²) in [7, 11) is -4.97. The van der Waals surface area contributed by atoms with Crippen molar-refractivity contribution >= 4 is 8.80 Å². The molecule has 0 aliphatic heterocycles. The lowest BCUT2D eigenvalue weighted by atomic mass is 10.1. The van der Waals surface area contributed by atoms with E-state index < -0.39 is 39.3 Å². The van der Waals surface area contributed by atoms with Gasteiger partial charge in [-0.1, -0.05) is 19.3 Å². The normalized spacial score (nSPS) is 14.0. The summed E-state index contributed by atoms with van der Waals surface area (Å²) in [5.74, 6) is -4.41. The van der Waals surface area contributed by atoms with Gasteiger partial charge in [0.1, 0.15) is 0 Å². The second kappa shape index (κ2) is 11.6. The van der Waals surface area contributed by atoms with Gasteiger partial charge in [0, 0.05) is 32.7 Å². The number of rotatable bonds is 15. The highest BCUT2D eigenvalue weighted by Crippen LogP contribution is 2.45. The lowest BCUT2D eigenvalue weighted by Gasteiger charge is -2.38. The molecule has 11 heteroatoms. The van der Waals surface area contributed by atoms with Gasteiger partial charge in [-0.05, 0) is 33.6 Å². The maximum absolute atomic E-state index is 14.7. The van der Waals surface area contributed by atoms with E-state index in [-0.39, 0.29) is 51.9 Å². The molecular weight excluding hydrogens is 401 g/mol. The average molecular weight is 430 g/mol. The first kappa shape index (κ1) is 26.6. The summed E-state index contributed by atoms with van der Waals surface area (Å²) < 4.78 is 109. The molecule has 0 rings (SSSR count). The Morgan fingerprint density at radius 1 is 0.593 bits per heavy atom. The van der Waals surface area contributed by atoms with E-state index in [1.165, 1.54) is 20.8 Å². The van der Waals surface area contributed by atoms with Gasteiger partial charge in [-0.2, -0.15) is 30.7 Å². The number of halogens is 7. The monoisotopic (exact) mass is 430 g/mol. The minimum Gasteiger partial charge on any atom is -0.370 e. The van der Waals surface area contributed by atoms with Crippen LogP contribution < -0.4 is 0 Å². The van der Waals surface area contributed by atoms with Crippen molar-refractivity contribution in [1.29, 1.82) is 0 Å². The van der Waals surface area contributed by atoms with Crippen molar-refractivity contribution in [2.45, 2.75) is 83.4 Å². The first-order chi connectivity index (χ1) is 12.4. The lowest BCUT2D eigenvalue weighted by Crippen LogP contribution is -2.68. The molecule has 0 heterocycles. The van der Waals surface area contributed by atoms with Crippen LogP contribution in [0.2, 0.25) is 0 Å². The van der Waals surface area contributed by atoms with E-state index in [2.05, 4.69) is 0 Å². The van der Waals surface area contributed by atoms with Crippen molar-refractivity contribution in [3.05, 3.63) is 0 Å². The Kier molecular flexibility index (Phi) is 11.4. The van der Waals surface area contributed by atoms with Crippen LogP contribution >= 0.6 is 0 Å². The Balaban J connectivity index is 4.78. The topological polar surface area (TPSA) is 27.7 Å². The van der Waals surface area contributed by atoms with E-state index in [1.807, 2.05) is 0 Å². The second-order valence-electron chi connectivity index (χ2n) is 6.02. The quantitative estimate of drug-likeness (QED) is 0.178. The predicted molar refractivity (Wildman–Crippen MR) is 88.9 cm³/mol. The maximum atomic E-state index is 14.7. The molecule has 27 heavy (non-hydrogen) atoms. The molecule has 0 saturated carbocycles. The van der Waals surface area contributed by atoms with Gasteiger partial charge in [0.05, 0.1) is 0 Å². The molecule has 0 atom stereocenters. The average Bonchev–Trinajstić information content (AvgIpc) is 2.53. The van der Waals surface area contributed by atoms with Crippen LogP contribution in [0.4, 0.5) is 30.7 Å². The molecule has 0 saturated heterocycles. The van der Waals surface area contributed by atoms with Crippen LogP contribution in [0.15, 0.2) is 0 Å². The third kappa shape index (κ3) is 8.24. The Bertz CT molecular complexity index is 389. The van der Waals surface area contributed by atoms with Gasteiger partial charge in [-0.25, -0.2) is 0 Å². The van der Waals surface area contributed by atoms with E-state index >= 15 is 0 Å². The van der Waals surface area contributed by atoms with E-state index in [0.717, 1.165) is 0 Å². The zero-order chi connectivity index (χ0) is 21.2. The fourth-order valence-electron chi connectivity index (χ4n) is 2.55. The Hall–Kier alpha value is -0.393. The molecule has 0 unspecified atom stereocenters. The van der Waals surface area contributed by atoms with Gasteiger partial charge in [0.2, 0.25) is 0 Å². The highest BCUT2D eigenvalue weighted by molar-refractivity contribution is 6.63. The van der Waals surface area contributed by atoms with Crippen molar-refractivity contribution in [2.24, 2.45) is 0 Å². The summed E-state index contributed by atoms with van der Waals surface area (Å²) in [5, 5.41) is 0. The zero-order valence-corrected chi connectivity index (χ0v) is 16.9. The highest BCUT2D eigenvalue weighted by Gasteiger charge is 2.76. The van der Waals surface area contributed by atoms with Crippen molar-refractivity contribution in [3.8, 4) is 0 Å². The van der Waals surface area contributed by atoms with Crippen LogP contribution in [-0.4, -0.2) is 46.3 Å². The van der Waals surface area contributed by atoms with Crippen LogP contribution in [0, 0.1) is 0 Å². The summed E-state index contributed by atoms with van der Waals surface area (Å²) >= 11 is 0. The van der Waals surface area contributed by atoms with Crippen LogP contribution in [0.5, 0.6) is 0 Å². The molecule has 0 aromatic carbocycles. The van der Waals surface area contributed by atoms with Crippen molar-refractivity contribution in [2.75, 3.05) is 19.8 Å². The Morgan fingerprint density at radius 3 is 1.33 bits per heavy atom. The summed E-state index contributed by atoms with van der Waals surface area (Å²) in [6.07, 6.45) is -6.06. The van der Waals surface area contributed by atoms with Gasteiger partial charge in [0.25, 0.3) is 0 Å². The summed E-state index contributed by atoms with van der Waals surface area (Å²) in [6, 6.07) is 0. The second-order valence-corrected chi connectivity index (χ2v) is 8.62. The molecule has 0 N–H and O–H groups in total. The summed E-state index contributed by atoms with van der Waals surface area (Å²) in [5.41, 5.74) is -4.61. The Labute approximate surface area is 156 Å². The highest BCUT2D eigenvalue weighted by atomic mass is 28.4. The zero-order valence-electron chi connectivity index (χ0n) is 15.9. The largest absolute Gasteiger partial charge is 0.581 e. The smallest absolute Gasteiger partial charge is 0.370 e. The molecule has 0 bridgehead atoms. The molecule has 0 aromatic heterocycles. The van der Waals surface area contributed by atoms with E-state index in [0.29, 0.717) is 0 Å². The number of hydrogen-bond donors (Lipinski definition) is 0. The van der Waals surface area contributed by atoms with E-state index in [1.54, 1.807) is 0 Å². The molecule has 0 spiro atoms. The molecule has 3 nitrogen and oxygen atoms in total. The number of alkyl halides is 7. The van der Waals surface area contributed by atoms with E-state index in [9.17, 15) is 30.7 Å². The standard InChI is InChI=1S/C16H29F7O3Si/c1-4-24-27(25-5-2,26-6-3)16(22,23)14(17,18)12-10-8-7-9-11-13-15(19,20)21/h4-13H2,1-3H3. The van der Waals surface area contributed by atoms with Crippen molar-refractivity contribution in [3.63, 3.8) is 0 Å². The maximum Gasteiger partial charge on any atom is 0.581 e. The van der Waals surface area contributed by atoms with Crippen LogP contribution in [0.25, 0.3) is 0 Å². The minimum atomic E-state index is -4.97. The first-order valence-corrected chi connectivity index (χ1v) is 10.9. The SMILES string of the molecule is CCO[Si](OCC)(OCC)C(F)(F)C(F)(F)CCCCCCCC(F)(F)F. The third-order valence-electron chi connectivity index (χ3n) is 3.80. The van der Waals surface area contributed by atoms with Gasteiger partial charge in [-0.15, -0.1) is 0 Å². The number of unbranched alkanes of at least 4 members (excludes halogenated alkanes) is 4. The molecule has 0 radical (unpaired) electrons. The molecular formula is C16H29F7O3Si. The predicted octanol–water partition coefficient (Wildman–Crippen LogP) is 6.14. The summed E-state index contributed by atoms with van der Waals surface area (Å²) in [6.45, 7) is 3.35. The van der Waals surface area contributed by atoms with Crippen LogP contribution in [0.1, 0.15) is 65.7 Å². The lowest BCUT2D eigenvalue weighted by molar-refractivity contribution is -0.203. The fourth-order valence-corrected chi connectivity index (χ4v) is 5.06. The third-order valence-corrected chi connectivity index (χ3v) is 6.94. The van der Waals surface area contributed by atoms with Gasteiger partial charge in [-0.3, -0.25) is 0 Å². The minimum absolute atomic E-state index is 0.106. The molecule has 0 aliphatic rings. The molecule has 0 aromatic rings. The van der Waals surface area contributed by atoms with Crippen LogP contribution in [-0.2, 0) is 13.3 Å². The fraction of sp³-hybridized carbons (Fsp3) is 1.00. The molecule has 0 amide bonds. The Morgan fingerprint density at radius 2 is 0.963 bits per heavy atom.